The SMILES string of the molecule is C=Cc1ccc(O)c2c1C(=O)CCC2. The van der Waals surface area contributed by atoms with E-state index in [4.69, 9.17) is 0 Å². The molecule has 2 heteroatoms. The molecule has 0 aliphatic heterocycles. The molecule has 1 N–H and O–H groups in total. The minimum atomic E-state index is 0.122. The summed E-state index contributed by atoms with van der Waals surface area (Å²) >= 11 is 0. The van der Waals surface area contributed by atoms with E-state index in [1.165, 1.54) is 0 Å². The topological polar surface area (TPSA) is 37.3 Å². The van der Waals surface area contributed by atoms with Gasteiger partial charge in [-0.25, -0.2) is 0 Å². The average molecular weight is 188 g/mol. The highest BCUT2D eigenvalue weighted by molar-refractivity contribution is 6.02. The third-order valence-electron chi connectivity index (χ3n) is 2.65. The quantitative estimate of drug-likeness (QED) is 0.735. The number of Topliss-reactive ketones (excluding diaryl/α,β-unsaturated/α-hetero) is 1. The van der Waals surface area contributed by atoms with Gasteiger partial charge in [-0.3, -0.25) is 4.79 Å². The van der Waals surface area contributed by atoms with Gasteiger partial charge in [0.25, 0.3) is 0 Å². The normalized spacial score (nSPS) is 15.0. The maximum Gasteiger partial charge on any atom is 0.163 e. The lowest BCUT2D eigenvalue weighted by Crippen LogP contribution is -2.12. The van der Waals surface area contributed by atoms with Crippen LogP contribution >= 0.6 is 0 Å². The molecule has 0 fully saturated rings. The zero-order valence-corrected chi connectivity index (χ0v) is 7.92. The third kappa shape index (κ3) is 1.23. The number of aromatic hydroxyl groups is 1. The maximum absolute atomic E-state index is 11.7. The molecule has 0 atom stereocenters. The Morgan fingerprint density at radius 2 is 2.14 bits per heavy atom. The summed E-state index contributed by atoms with van der Waals surface area (Å²) in [7, 11) is 0. The second-order valence-corrected chi connectivity index (χ2v) is 3.51. The molecule has 0 aromatic heterocycles. The van der Waals surface area contributed by atoms with Crippen LogP contribution in [-0.4, -0.2) is 10.9 Å². The Hall–Kier alpha value is -1.57. The molecular weight excluding hydrogens is 176 g/mol. The van der Waals surface area contributed by atoms with Crippen molar-refractivity contribution in [3.8, 4) is 5.75 Å². The number of fused-ring (bicyclic) bond motifs is 1. The van der Waals surface area contributed by atoms with Crippen molar-refractivity contribution in [2.45, 2.75) is 19.3 Å². The van der Waals surface area contributed by atoms with Gasteiger partial charge in [0.15, 0.2) is 5.78 Å². The molecule has 1 aliphatic rings. The van der Waals surface area contributed by atoms with E-state index in [0.717, 1.165) is 24.0 Å². The van der Waals surface area contributed by atoms with E-state index in [1.807, 2.05) is 0 Å². The first-order chi connectivity index (χ1) is 6.74. The van der Waals surface area contributed by atoms with Gasteiger partial charge in [0.2, 0.25) is 0 Å². The molecule has 0 radical (unpaired) electrons. The summed E-state index contributed by atoms with van der Waals surface area (Å²) in [6.07, 6.45) is 3.87. The van der Waals surface area contributed by atoms with Crippen LogP contribution in [0, 0.1) is 0 Å². The molecule has 0 heterocycles. The smallest absolute Gasteiger partial charge is 0.163 e. The van der Waals surface area contributed by atoms with Gasteiger partial charge in [-0.2, -0.15) is 0 Å². The van der Waals surface area contributed by atoms with Gasteiger partial charge in [0, 0.05) is 17.5 Å². The molecule has 0 amide bonds. The monoisotopic (exact) mass is 188 g/mol. The van der Waals surface area contributed by atoms with Crippen molar-refractivity contribution in [2.75, 3.05) is 0 Å². The number of hydrogen-bond acceptors (Lipinski definition) is 2. The molecule has 0 spiro atoms. The second-order valence-electron chi connectivity index (χ2n) is 3.51. The van der Waals surface area contributed by atoms with E-state index < -0.39 is 0 Å². The summed E-state index contributed by atoms with van der Waals surface area (Å²) in [5, 5.41) is 9.61. The van der Waals surface area contributed by atoms with Crippen LogP contribution in [0.15, 0.2) is 18.7 Å². The minimum absolute atomic E-state index is 0.122. The van der Waals surface area contributed by atoms with Crippen molar-refractivity contribution in [1.82, 2.24) is 0 Å². The summed E-state index contributed by atoms with van der Waals surface area (Å²) in [5.41, 5.74) is 2.30. The Balaban J connectivity index is 2.70. The molecule has 14 heavy (non-hydrogen) atoms. The number of rotatable bonds is 1. The van der Waals surface area contributed by atoms with Gasteiger partial charge >= 0.3 is 0 Å². The van der Waals surface area contributed by atoms with Crippen LogP contribution in [0.1, 0.15) is 34.3 Å². The van der Waals surface area contributed by atoms with Crippen molar-refractivity contribution in [2.24, 2.45) is 0 Å². The Morgan fingerprint density at radius 3 is 2.86 bits per heavy atom. The van der Waals surface area contributed by atoms with Crippen molar-refractivity contribution >= 4 is 11.9 Å². The van der Waals surface area contributed by atoms with Crippen molar-refractivity contribution < 1.29 is 9.90 Å². The van der Waals surface area contributed by atoms with Gasteiger partial charge in [0.05, 0.1) is 0 Å². The van der Waals surface area contributed by atoms with Crippen LogP contribution < -0.4 is 0 Å². The van der Waals surface area contributed by atoms with Crippen LogP contribution in [-0.2, 0) is 6.42 Å². The molecular formula is C12H12O2. The number of benzene rings is 1. The first kappa shape index (κ1) is 9.00. The number of ketones is 1. The molecule has 0 saturated carbocycles. The number of carbonyl (C=O) groups is 1. The molecule has 1 aromatic carbocycles. The predicted octanol–water partition coefficient (Wildman–Crippen LogP) is 2.55. The molecule has 72 valence electrons. The number of phenolic OH excluding ortho intramolecular Hbond substituents is 1. The number of phenols is 1. The second kappa shape index (κ2) is 3.29. The Morgan fingerprint density at radius 1 is 1.36 bits per heavy atom. The zero-order chi connectivity index (χ0) is 10.1. The number of carbonyl (C=O) groups excluding carboxylic acids is 1. The van der Waals surface area contributed by atoms with Gasteiger partial charge in [-0.15, -0.1) is 0 Å². The average Bonchev–Trinajstić information content (AvgIpc) is 2.20. The summed E-state index contributed by atoms with van der Waals surface area (Å²) in [5.74, 6) is 0.357. The Labute approximate surface area is 82.9 Å². The minimum Gasteiger partial charge on any atom is -0.508 e. The van der Waals surface area contributed by atoms with E-state index in [9.17, 15) is 9.90 Å². The lowest BCUT2D eigenvalue weighted by atomic mass is 9.86. The van der Waals surface area contributed by atoms with Gasteiger partial charge < -0.3 is 5.11 Å². The van der Waals surface area contributed by atoms with Crippen molar-refractivity contribution in [3.05, 3.63) is 35.4 Å². The molecule has 1 aromatic rings. The highest BCUT2D eigenvalue weighted by Gasteiger charge is 2.21. The lowest BCUT2D eigenvalue weighted by molar-refractivity contribution is 0.0971. The number of hydrogen-bond donors (Lipinski definition) is 1. The van der Waals surface area contributed by atoms with Crippen LogP contribution in [0.3, 0.4) is 0 Å². The summed E-state index contributed by atoms with van der Waals surface area (Å²) < 4.78 is 0. The van der Waals surface area contributed by atoms with Crippen molar-refractivity contribution in [3.63, 3.8) is 0 Å². The molecule has 1 aliphatic carbocycles. The van der Waals surface area contributed by atoms with Gasteiger partial charge in [0.1, 0.15) is 5.75 Å². The first-order valence-corrected chi connectivity index (χ1v) is 4.74. The van der Waals surface area contributed by atoms with Crippen LogP contribution in [0.4, 0.5) is 0 Å². The highest BCUT2D eigenvalue weighted by atomic mass is 16.3. The highest BCUT2D eigenvalue weighted by Crippen LogP contribution is 2.31. The zero-order valence-electron chi connectivity index (χ0n) is 7.92. The van der Waals surface area contributed by atoms with E-state index in [2.05, 4.69) is 6.58 Å². The fourth-order valence-corrected chi connectivity index (χ4v) is 1.96. The Bertz CT molecular complexity index is 405. The van der Waals surface area contributed by atoms with E-state index in [0.29, 0.717) is 12.0 Å². The fraction of sp³-hybridized carbons (Fsp3) is 0.250. The first-order valence-electron chi connectivity index (χ1n) is 4.74. The largest absolute Gasteiger partial charge is 0.508 e. The molecule has 0 bridgehead atoms. The molecule has 0 saturated heterocycles. The van der Waals surface area contributed by atoms with Gasteiger partial charge in [-0.05, 0) is 24.5 Å². The van der Waals surface area contributed by atoms with Crippen LogP contribution in [0.25, 0.3) is 6.08 Å². The maximum atomic E-state index is 11.7. The fourth-order valence-electron chi connectivity index (χ4n) is 1.96. The lowest BCUT2D eigenvalue weighted by Gasteiger charge is -2.17. The van der Waals surface area contributed by atoms with E-state index in [1.54, 1.807) is 18.2 Å². The molecule has 0 unspecified atom stereocenters. The van der Waals surface area contributed by atoms with Crippen molar-refractivity contribution in [1.29, 1.82) is 0 Å². The molecule has 2 rings (SSSR count). The Kier molecular flexibility index (Phi) is 2.12. The van der Waals surface area contributed by atoms with Crippen LogP contribution in [0.5, 0.6) is 5.75 Å². The van der Waals surface area contributed by atoms with E-state index >= 15 is 0 Å². The third-order valence-corrected chi connectivity index (χ3v) is 2.65. The predicted molar refractivity (Wildman–Crippen MR) is 55.5 cm³/mol. The molecule has 2 nitrogen and oxygen atoms in total. The van der Waals surface area contributed by atoms with Crippen LogP contribution in [0.2, 0.25) is 0 Å². The summed E-state index contributed by atoms with van der Waals surface area (Å²) in [6.45, 7) is 3.67. The standard InChI is InChI=1S/C12H12O2/c1-2-8-6-7-10(13)9-4-3-5-11(14)12(8)9/h2,6-7,13H,1,3-5H2. The van der Waals surface area contributed by atoms with Gasteiger partial charge in [-0.1, -0.05) is 18.7 Å². The summed E-state index contributed by atoms with van der Waals surface area (Å²) in [6, 6.07) is 3.37. The summed E-state index contributed by atoms with van der Waals surface area (Å²) in [4.78, 5) is 11.7. The van der Waals surface area contributed by atoms with E-state index in [-0.39, 0.29) is 11.5 Å².